The zero-order valence-corrected chi connectivity index (χ0v) is 9.79. The fraction of sp³-hybridized carbons (Fsp3) is 0.800. The second-order valence-corrected chi connectivity index (χ2v) is 4.41. The number of methoxy groups -OCH3 is 1. The highest BCUT2D eigenvalue weighted by atomic mass is 127. The zero-order chi connectivity index (χ0) is 8.81. The highest BCUT2D eigenvalue weighted by Gasteiger charge is 2.14. The average molecular weight is 280 g/mol. The highest BCUT2D eigenvalue weighted by molar-refractivity contribution is 14.1. The van der Waals surface area contributed by atoms with E-state index in [1.54, 1.807) is 7.11 Å². The Balaban J connectivity index is 2.23. The molecule has 0 unspecified atom stereocenters. The molecule has 12 heavy (non-hydrogen) atoms. The summed E-state index contributed by atoms with van der Waals surface area (Å²) < 4.78 is 6.54. The minimum Gasteiger partial charge on any atom is -0.377 e. The van der Waals surface area contributed by atoms with E-state index in [0.29, 0.717) is 6.10 Å². The van der Waals surface area contributed by atoms with E-state index in [4.69, 9.17) is 4.74 Å². The third-order valence-corrected chi connectivity index (χ3v) is 3.19. The van der Waals surface area contributed by atoms with E-state index in [-0.39, 0.29) is 0 Å². The van der Waals surface area contributed by atoms with Gasteiger partial charge in [0.25, 0.3) is 0 Å². The van der Waals surface area contributed by atoms with E-state index in [1.807, 2.05) is 0 Å². The van der Waals surface area contributed by atoms with Crippen molar-refractivity contribution in [3.05, 3.63) is 12.2 Å². The summed E-state index contributed by atoms with van der Waals surface area (Å²) in [6, 6.07) is 0. The first-order valence-corrected chi connectivity index (χ1v) is 6.16. The third-order valence-electron chi connectivity index (χ3n) is 2.43. The van der Waals surface area contributed by atoms with Crippen LogP contribution in [0.4, 0.5) is 0 Å². The van der Waals surface area contributed by atoms with Crippen LogP contribution in [0.15, 0.2) is 12.2 Å². The summed E-state index contributed by atoms with van der Waals surface area (Å²) in [4.78, 5) is 0. The van der Waals surface area contributed by atoms with Gasteiger partial charge in [0, 0.05) is 7.11 Å². The van der Waals surface area contributed by atoms with E-state index in [1.165, 1.54) is 30.1 Å². The number of hydrogen-bond acceptors (Lipinski definition) is 1. The van der Waals surface area contributed by atoms with Crippen molar-refractivity contribution >= 4 is 22.6 Å². The molecule has 2 atom stereocenters. The second kappa shape index (κ2) is 5.97. The Morgan fingerprint density at radius 1 is 1.42 bits per heavy atom. The summed E-state index contributed by atoms with van der Waals surface area (Å²) in [5, 5.41) is 0. The van der Waals surface area contributed by atoms with Crippen LogP contribution in [0.1, 0.15) is 25.7 Å². The lowest BCUT2D eigenvalue weighted by atomic mass is 9.91. The topological polar surface area (TPSA) is 9.23 Å². The van der Waals surface area contributed by atoms with Crippen molar-refractivity contribution in [2.24, 2.45) is 5.92 Å². The molecular weight excluding hydrogens is 263 g/mol. The lowest BCUT2D eigenvalue weighted by Crippen LogP contribution is -2.14. The number of halogens is 1. The van der Waals surface area contributed by atoms with Crippen LogP contribution in [0.5, 0.6) is 0 Å². The first kappa shape index (κ1) is 10.5. The molecule has 1 rings (SSSR count). The smallest absolute Gasteiger partial charge is 0.0752 e. The molecule has 0 saturated heterocycles. The summed E-state index contributed by atoms with van der Waals surface area (Å²) in [5.41, 5.74) is 0. The Labute approximate surface area is 88.7 Å². The van der Waals surface area contributed by atoms with Gasteiger partial charge in [-0.25, -0.2) is 0 Å². The van der Waals surface area contributed by atoms with Crippen molar-refractivity contribution in [1.82, 2.24) is 0 Å². The molecule has 0 radical (unpaired) electrons. The van der Waals surface area contributed by atoms with E-state index < -0.39 is 0 Å². The van der Waals surface area contributed by atoms with Crippen LogP contribution in [0.2, 0.25) is 0 Å². The molecule has 2 heteroatoms. The SMILES string of the molecule is CO[C@@H]1C=C[C@@H](CCCI)CC1. The van der Waals surface area contributed by atoms with Gasteiger partial charge in [-0.1, -0.05) is 34.7 Å². The van der Waals surface area contributed by atoms with Gasteiger partial charge in [0.05, 0.1) is 6.10 Å². The molecule has 0 heterocycles. The molecular formula is C10H17IO. The van der Waals surface area contributed by atoms with Crippen molar-refractivity contribution in [1.29, 1.82) is 0 Å². The summed E-state index contributed by atoms with van der Waals surface area (Å²) >= 11 is 2.45. The van der Waals surface area contributed by atoms with Gasteiger partial charge in [-0.3, -0.25) is 0 Å². The maximum Gasteiger partial charge on any atom is 0.0752 e. The van der Waals surface area contributed by atoms with Crippen LogP contribution in [-0.2, 0) is 4.74 Å². The molecule has 0 saturated carbocycles. The van der Waals surface area contributed by atoms with Gasteiger partial charge in [-0.2, -0.15) is 0 Å². The minimum absolute atomic E-state index is 0.390. The van der Waals surface area contributed by atoms with E-state index >= 15 is 0 Å². The third kappa shape index (κ3) is 3.44. The Morgan fingerprint density at radius 3 is 2.75 bits per heavy atom. The summed E-state index contributed by atoms with van der Waals surface area (Å²) in [6.45, 7) is 0. The summed E-state index contributed by atoms with van der Waals surface area (Å²) in [7, 11) is 1.79. The lowest BCUT2D eigenvalue weighted by Gasteiger charge is -2.21. The Kier molecular flexibility index (Phi) is 5.23. The van der Waals surface area contributed by atoms with Crippen LogP contribution in [-0.4, -0.2) is 17.6 Å². The van der Waals surface area contributed by atoms with Gasteiger partial charge in [0.15, 0.2) is 0 Å². The van der Waals surface area contributed by atoms with Gasteiger partial charge in [-0.05, 0) is 36.0 Å². The Morgan fingerprint density at radius 2 is 2.25 bits per heavy atom. The van der Waals surface area contributed by atoms with Crippen LogP contribution in [0.3, 0.4) is 0 Å². The lowest BCUT2D eigenvalue weighted by molar-refractivity contribution is 0.122. The molecule has 0 fully saturated rings. The van der Waals surface area contributed by atoms with Crippen LogP contribution in [0, 0.1) is 5.92 Å². The van der Waals surface area contributed by atoms with Gasteiger partial charge >= 0.3 is 0 Å². The molecule has 0 aromatic carbocycles. The molecule has 1 aliphatic rings. The maximum atomic E-state index is 5.26. The first-order valence-electron chi connectivity index (χ1n) is 4.64. The zero-order valence-electron chi connectivity index (χ0n) is 7.63. The normalized spacial score (nSPS) is 29.2. The van der Waals surface area contributed by atoms with Crippen LogP contribution in [0.25, 0.3) is 0 Å². The Hall–Kier alpha value is 0.430. The molecule has 0 amide bonds. The molecule has 0 aromatic heterocycles. The van der Waals surface area contributed by atoms with E-state index in [2.05, 4.69) is 34.7 Å². The predicted octanol–water partition coefficient (Wildman–Crippen LogP) is 3.18. The number of ether oxygens (including phenoxy) is 1. The summed E-state index contributed by atoms with van der Waals surface area (Å²) in [5.74, 6) is 0.825. The fourth-order valence-electron chi connectivity index (χ4n) is 1.63. The molecule has 1 aliphatic carbocycles. The highest BCUT2D eigenvalue weighted by Crippen LogP contribution is 2.23. The van der Waals surface area contributed by atoms with Crippen molar-refractivity contribution in [3.63, 3.8) is 0 Å². The molecule has 70 valence electrons. The van der Waals surface area contributed by atoms with E-state index in [9.17, 15) is 0 Å². The second-order valence-electron chi connectivity index (χ2n) is 3.33. The summed E-state index contributed by atoms with van der Waals surface area (Å²) in [6.07, 6.45) is 10.2. The maximum absolute atomic E-state index is 5.26. The largest absolute Gasteiger partial charge is 0.377 e. The van der Waals surface area contributed by atoms with Gasteiger partial charge in [-0.15, -0.1) is 0 Å². The van der Waals surface area contributed by atoms with Gasteiger partial charge in [0.1, 0.15) is 0 Å². The number of allylic oxidation sites excluding steroid dienone is 1. The first-order chi connectivity index (χ1) is 5.86. The molecule has 0 bridgehead atoms. The predicted molar refractivity (Wildman–Crippen MR) is 60.8 cm³/mol. The molecule has 0 N–H and O–H groups in total. The quantitative estimate of drug-likeness (QED) is 0.436. The minimum atomic E-state index is 0.390. The standard InChI is InChI=1S/C10H17IO/c1-12-10-6-4-9(5-7-10)3-2-8-11/h4,6,9-10H,2-3,5,7-8H2,1H3/t9-,10-/m1/s1. The van der Waals surface area contributed by atoms with Crippen molar-refractivity contribution in [2.45, 2.75) is 31.8 Å². The molecule has 0 aliphatic heterocycles. The fourth-order valence-corrected chi connectivity index (χ4v) is 2.07. The van der Waals surface area contributed by atoms with Crippen molar-refractivity contribution in [2.75, 3.05) is 11.5 Å². The average Bonchev–Trinajstić information content (AvgIpc) is 2.15. The molecule has 1 nitrogen and oxygen atoms in total. The number of hydrogen-bond donors (Lipinski definition) is 0. The molecule has 0 aromatic rings. The van der Waals surface area contributed by atoms with Gasteiger partial charge in [0.2, 0.25) is 0 Å². The number of rotatable bonds is 4. The van der Waals surface area contributed by atoms with E-state index in [0.717, 1.165) is 5.92 Å². The van der Waals surface area contributed by atoms with Crippen LogP contribution < -0.4 is 0 Å². The van der Waals surface area contributed by atoms with Gasteiger partial charge < -0.3 is 4.74 Å². The van der Waals surface area contributed by atoms with Crippen molar-refractivity contribution in [3.8, 4) is 0 Å². The van der Waals surface area contributed by atoms with Crippen molar-refractivity contribution < 1.29 is 4.74 Å². The Bertz CT molecular complexity index is 145. The number of alkyl halides is 1. The monoisotopic (exact) mass is 280 g/mol. The van der Waals surface area contributed by atoms with Crippen LogP contribution >= 0.6 is 22.6 Å². The molecule has 0 spiro atoms.